The lowest BCUT2D eigenvalue weighted by Crippen LogP contribution is -2.54. The molecule has 2 unspecified atom stereocenters. The van der Waals surface area contributed by atoms with E-state index < -0.39 is 35.3 Å². The van der Waals surface area contributed by atoms with Crippen molar-refractivity contribution in [1.82, 2.24) is 14.8 Å². The Morgan fingerprint density at radius 2 is 1.69 bits per heavy atom. The van der Waals surface area contributed by atoms with Gasteiger partial charge < -0.3 is 14.9 Å². The number of carboxylic acids is 1. The van der Waals surface area contributed by atoms with E-state index in [9.17, 15) is 29.5 Å². The van der Waals surface area contributed by atoms with Crippen LogP contribution in [0, 0.1) is 11.3 Å². The highest BCUT2D eigenvalue weighted by molar-refractivity contribution is 6.36. The summed E-state index contributed by atoms with van der Waals surface area (Å²) in [4.78, 5) is 60.4. The second-order valence-corrected chi connectivity index (χ2v) is 10.1. The van der Waals surface area contributed by atoms with Gasteiger partial charge in [0, 0.05) is 29.6 Å². The molecule has 2 saturated heterocycles. The minimum absolute atomic E-state index is 0.0250. The number of benzene rings is 2. The second-order valence-electron chi connectivity index (χ2n) is 9.22. The Kier molecular flexibility index (Phi) is 6.50. The topological polar surface area (TPSA) is 135 Å². The van der Waals surface area contributed by atoms with E-state index in [0.29, 0.717) is 11.1 Å². The molecule has 3 aromatic rings. The van der Waals surface area contributed by atoms with Gasteiger partial charge in [0.05, 0.1) is 23.9 Å². The summed E-state index contributed by atoms with van der Waals surface area (Å²) < 4.78 is 0. The molecule has 2 aliphatic heterocycles. The third-order valence-corrected chi connectivity index (χ3v) is 7.52. The number of carbonyl (C=O) groups excluding carboxylic acids is 3. The van der Waals surface area contributed by atoms with Gasteiger partial charge in [-0.25, -0.2) is 19.5 Å². The monoisotopic (exact) mass is 563 g/mol. The van der Waals surface area contributed by atoms with Crippen LogP contribution in [-0.2, 0) is 4.79 Å². The Bertz CT molecular complexity index is 1570. The molecule has 0 saturated carbocycles. The number of urea groups is 1. The summed E-state index contributed by atoms with van der Waals surface area (Å²) in [6, 6.07) is 16.4. The first-order chi connectivity index (χ1) is 18.6. The van der Waals surface area contributed by atoms with Gasteiger partial charge in [0.25, 0.3) is 11.8 Å². The Morgan fingerprint density at radius 3 is 2.31 bits per heavy atom. The van der Waals surface area contributed by atoms with Gasteiger partial charge in [-0.3, -0.25) is 9.59 Å². The van der Waals surface area contributed by atoms with Crippen LogP contribution in [0.5, 0.6) is 0 Å². The lowest BCUT2D eigenvalue weighted by Gasteiger charge is -2.33. The molecule has 5 rings (SSSR count). The zero-order valence-electron chi connectivity index (χ0n) is 20.3. The number of aromatic carboxylic acids is 1. The van der Waals surface area contributed by atoms with Crippen molar-refractivity contribution in [3.63, 3.8) is 0 Å². The number of likely N-dealkylation sites (N-methyl/N-ethyl adjacent to an activating group) is 1. The fourth-order valence-electron chi connectivity index (χ4n) is 5.20. The number of nitriles is 1. The smallest absolute Gasteiger partial charge is 0.354 e. The molecule has 0 bridgehead atoms. The predicted molar refractivity (Wildman–Crippen MR) is 141 cm³/mol. The number of aromatic nitrogens is 1. The number of likely N-dealkylation sites (tertiary alicyclic amines) is 1. The molecular weight excluding hydrogens is 545 g/mol. The molecule has 1 aromatic heterocycles. The van der Waals surface area contributed by atoms with Crippen LogP contribution in [0.1, 0.15) is 38.0 Å². The summed E-state index contributed by atoms with van der Waals surface area (Å²) >= 11 is 12.3. The standard InChI is InChI=1S/C27H19Cl2N5O5/c1-32-26(39)34(19-10-17(28)9-18(29)11-19)25(38)27(32)14-33(13-20(27)16-7-5-15(12-30)6-8-16)23(35)21-3-2-4-22(31-21)24(36)37/h2-11,20H,13-14H2,1H3,(H,36,37). The largest absolute Gasteiger partial charge is 0.477 e. The van der Waals surface area contributed by atoms with Crippen LogP contribution in [0.25, 0.3) is 0 Å². The van der Waals surface area contributed by atoms with Crippen molar-refractivity contribution in [2.45, 2.75) is 11.5 Å². The van der Waals surface area contributed by atoms with Crippen molar-refractivity contribution < 1.29 is 24.3 Å². The number of carboxylic acid groups (broad SMARTS) is 1. The fraction of sp³-hybridized carbons (Fsp3) is 0.185. The van der Waals surface area contributed by atoms with E-state index in [1.807, 2.05) is 6.07 Å². The Labute approximate surface area is 232 Å². The maximum absolute atomic E-state index is 14.2. The number of anilines is 1. The lowest BCUT2D eigenvalue weighted by atomic mass is 9.80. The highest BCUT2D eigenvalue weighted by Gasteiger charge is 2.65. The van der Waals surface area contributed by atoms with Gasteiger partial charge in [-0.1, -0.05) is 41.4 Å². The molecule has 0 aliphatic carbocycles. The molecule has 4 amide bonds. The Balaban J connectivity index is 1.61. The molecule has 0 radical (unpaired) electrons. The van der Waals surface area contributed by atoms with Gasteiger partial charge in [-0.05, 0) is 48.0 Å². The van der Waals surface area contributed by atoms with Crippen LogP contribution in [0.4, 0.5) is 10.5 Å². The number of hydrogen-bond donors (Lipinski definition) is 1. The molecule has 39 heavy (non-hydrogen) atoms. The van der Waals surface area contributed by atoms with Crippen LogP contribution in [0.2, 0.25) is 10.0 Å². The van der Waals surface area contributed by atoms with E-state index in [4.69, 9.17) is 23.2 Å². The van der Waals surface area contributed by atoms with Crippen LogP contribution in [-0.4, -0.2) is 69.4 Å². The highest BCUT2D eigenvalue weighted by atomic mass is 35.5. The fourth-order valence-corrected chi connectivity index (χ4v) is 5.71. The Morgan fingerprint density at radius 1 is 1.05 bits per heavy atom. The number of pyridine rings is 1. The van der Waals surface area contributed by atoms with Crippen LogP contribution < -0.4 is 4.90 Å². The molecule has 196 valence electrons. The first-order valence-electron chi connectivity index (χ1n) is 11.6. The van der Waals surface area contributed by atoms with E-state index in [0.717, 1.165) is 4.90 Å². The van der Waals surface area contributed by atoms with Gasteiger partial charge in [0.15, 0.2) is 0 Å². The highest BCUT2D eigenvalue weighted by Crippen LogP contribution is 2.47. The average Bonchev–Trinajstić information content (AvgIpc) is 3.41. The van der Waals surface area contributed by atoms with Crippen molar-refractivity contribution in [2.24, 2.45) is 0 Å². The normalized spacial score (nSPS) is 20.6. The lowest BCUT2D eigenvalue weighted by molar-refractivity contribution is -0.124. The number of hydrogen-bond acceptors (Lipinski definition) is 6. The van der Waals surface area contributed by atoms with Gasteiger partial charge in [0.2, 0.25) is 0 Å². The predicted octanol–water partition coefficient (Wildman–Crippen LogP) is 4.04. The summed E-state index contributed by atoms with van der Waals surface area (Å²) in [5.41, 5.74) is -0.693. The van der Waals surface area contributed by atoms with E-state index in [1.165, 1.54) is 53.2 Å². The number of halogens is 2. The molecule has 3 heterocycles. The maximum Gasteiger partial charge on any atom is 0.354 e. The second kappa shape index (κ2) is 9.69. The number of carbonyl (C=O) groups is 4. The summed E-state index contributed by atoms with van der Waals surface area (Å²) in [6.07, 6.45) is 0. The zero-order chi connectivity index (χ0) is 28.1. The van der Waals surface area contributed by atoms with E-state index >= 15 is 0 Å². The SMILES string of the molecule is CN1C(=O)N(c2cc(Cl)cc(Cl)c2)C(=O)C12CN(C(=O)c1cccc(C(=O)O)n1)CC2c1ccc(C#N)cc1. The zero-order valence-corrected chi connectivity index (χ0v) is 21.8. The van der Waals surface area contributed by atoms with Crippen molar-refractivity contribution >= 4 is 52.7 Å². The molecular formula is C27H19Cl2N5O5. The van der Waals surface area contributed by atoms with Crippen LogP contribution in [0.3, 0.4) is 0 Å². The van der Waals surface area contributed by atoms with Gasteiger partial charge >= 0.3 is 12.0 Å². The number of amides is 4. The number of imide groups is 1. The van der Waals surface area contributed by atoms with Crippen molar-refractivity contribution in [3.8, 4) is 6.07 Å². The van der Waals surface area contributed by atoms with E-state index in [-0.39, 0.29) is 40.2 Å². The maximum atomic E-state index is 14.2. The molecule has 12 heteroatoms. The third kappa shape index (κ3) is 4.26. The summed E-state index contributed by atoms with van der Waals surface area (Å²) in [6.45, 7) is -0.154. The molecule has 10 nitrogen and oxygen atoms in total. The van der Waals surface area contributed by atoms with Crippen LogP contribution in [0.15, 0.2) is 60.7 Å². The van der Waals surface area contributed by atoms with Crippen molar-refractivity contribution in [2.75, 3.05) is 25.0 Å². The molecule has 2 aliphatic rings. The summed E-state index contributed by atoms with van der Waals surface area (Å²) in [5, 5.41) is 19.0. The van der Waals surface area contributed by atoms with Gasteiger partial charge in [-0.15, -0.1) is 0 Å². The van der Waals surface area contributed by atoms with Gasteiger partial charge in [-0.2, -0.15) is 5.26 Å². The number of rotatable bonds is 4. The quantitative estimate of drug-likeness (QED) is 0.473. The average molecular weight is 564 g/mol. The molecule has 1 N–H and O–H groups in total. The van der Waals surface area contributed by atoms with E-state index in [2.05, 4.69) is 4.98 Å². The molecule has 2 aromatic carbocycles. The molecule has 2 fully saturated rings. The first-order valence-corrected chi connectivity index (χ1v) is 12.4. The molecule has 2 atom stereocenters. The first kappa shape index (κ1) is 26.2. The summed E-state index contributed by atoms with van der Waals surface area (Å²) in [5.74, 6) is -3.14. The van der Waals surface area contributed by atoms with Gasteiger partial charge in [0.1, 0.15) is 16.9 Å². The third-order valence-electron chi connectivity index (χ3n) is 7.08. The summed E-state index contributed by atoms with van der Waals surface area (Å²) in [7, 11) is 1.49. The van der Waals surface area contributed by atoms with Crippen molar-refractivity contribution in [1.29, 1.82) is 5.26 Å². The number of nitrogens with zero attached hydrogens (tertiary/aromatic N) is 5. The minimum atomic E-state index is -1.51. The Hall–Kier alpha value is -4.46. The molecule has 1 spiro atoms. The van der Waals surface area contributed by atoms with E-state index in [1.54, 1.807) is 24.3 Å². The van der Waals surface area contributed by atoms with Crippen molar-refractivity contribution in [3.05, 3.63) is 93.2 Å². The van der Waals surface area contributed by atoms with Crippen LogP contribution >= 0.6 is 23.2 Å². The minimum Gasteiger partial charge on any atom is -0.477 e.